The van der Waals surface area contributed by atoms with Crippen LogP contribution in [-0.2, 0) is 0 Å². The summed E-state index contributed by atoms with van der Waals surface area (Å²) in [7, 11) is 3.02. The minimum Gasteiger partial charge on any atom is -0.493 e. The molecular weight excluding hydrogens is 318 g/mol. The molecule has 0 spiro atoms. The molecule has 1 amide bonds. The van der Waals surface area contributed by atoms with Gasteiger partial charge in [0.05, 0.1) is 25.3 Å². The van der Waals surface area contributed by atoms with Gasteiger partial charge in [0.2, 0.25) is 0 Å². The molecule has 1 aromatic heterocycles. The van der Waals surface area contributed by atoms with Gasteiger partial charge in [0.15, 0.2) is 11.5 Å². The fraction of sp³-hybridized carbons (Fsp3) is 0.158. The van der Waals surface area contributed by atoms with E-state index in [4.69, 9.17) is 9.47 Å². The minimum atomic E-state index is -0.344. The standard InChI is InChI=1S/C19H19N3O3/c1-12-11-17(20-15-9-5-4-7-13(12)15)21-22-19(23)14-8-6-10-16(24-2)18(14)25-3/h4-11H,1-3H3,(H,20,21)(H,22,23). The van der Waals surface area contributed by atoms with E-state index in [0.717, 1.165) is 16.5 Å². The van der Waals surface area contributed by atoms with E-state index in [2.05, 4.69) is 15.8 Å². The van der Waals surface area contributed by atoms with Crippen LogP contribution in [0.4, 0.5) is 5.82 Å². The Morgan fingerprint density at radius 3 is 2.60 bits per heavy atom. The van der Waals surface area contributed by atoms with Gasteiger partial charge < -0.3 is 9.47 Å². The van der Waals surface area contributed by atoms with Crippen molar-refractivity contribution in [2.75, 3.05) is 19.6 Å². The summed E-state index contributed by atoms with van der Waals surface area (Å²) in [5.41, 5.74) is 7.80. The number of carbonyl (C=O) groups is 1. The van der Waals surface area contributed by atoms with Crippen molar-refractivity contribution in [3.05, 3.63) is 59.7 Å². The third-order valence-electron chi connectivity index (χ3n) is 3.87. The average molecular weight is 337 g/mol. The molecule has 0 saturated heterocycles. The first kappa shape index (κ1) is 16.6. The van der Waals surface area contributed by atoms with Crippen molar-refractivity contribution in [1.82, 2.24) is 10.4 Å². The van der Waals surface area contributed by atoms with Gasteiger partial charge in [-0.3, -0.25) is 15.6 Å². The Morgan fingerprint density at radius 1 is 1.04 bits per heavy atom. The highest BCUT2D eigenvalue weighted by Gasteiger charge is 2.16. The number of ether oxygens (including phenoxy) is 2. The number of methoxy groups -OCH3 is 2. The maximum Gasteiger partial charge on any atom is 0.273 e. The van der Waals surface area contributed by atoms with Crippen LogP contribution in [0.25, 0.3) is 10.9 Å². The lowest BCUT2D eigenvalue weighted by molar-refractivity contribution is 0.0959. The lowest BCUT2D eigenvalue weighted by Gasteiger charge is -2.14. The second kappa shape index (κ2) is 7.09. The lowest BCUT2D eigenvalue weighted by Crippen LogP contribution is -2.30. The van der Waals surface area contributed by atoms with Crippen molar-refractivity contribution in [2.45, 2.75) is 6.92 Å². The molecule has 0 bridgehead atoms. The molecule has 0 aliphatic rings. The van der Waals surface area contributed by atoms with Crippen LogP contribution in [0.3, 0.4) is 0 Å². The average Bonchev–Trinajstić information content (AvgIpc) is 2.65. The molecule has 2 N–H and O–H groups in total. The number of nitrogens with one attached hydrogen (secondary N) is 2. The van der Waals surface area contributed by atoms with Crippen LogP contribution in [0, 0.1) is 6.92 Å². The van der Waals surface area contributed by atoms with Gasteiger partial charge in [-0.05, 0) is 36.8 Å². The van der Waals surface area contributed by atoms with Gasteiger partial charge in [-0.2, -0.15) is 0 Å². The van der Waals surface area contributed by atoms with Gasteiger partial charge in [0, 0.05) is 5.39 Å². The summed E-state index contributed by atoms with van der Waals surface area (Å²) in [5.74, 6) is 1.09. The number of benzene rings is 2. The maximum atomic E-state index is 12.5. The molecule has 6 nitrogen and oxygen atoms in total. The number of nitrogens with zero attached hydrogens (tertiary/aromatic N) is 1. The predicted octanol–water partition coefficient (Wildman–Crippen LogP) is 3.32. The zero-order valence-electron chi connectivity index (χ0n) is 14.3. The van der Waals surface area contributed by atoms with Gasteiger partial charge in [-0.25, -0.2) is 4.98 Å². The molecule has 0 unspecified atom stereocenters. The molecule has 128 valence electrons. The van der Waals surface area contributed by atoms with Gasteiger partial charge in [0.1, 0.15) is 5.82 Å². The summed E-state index contributed by atoms with van der Waals surface area (Å²) >= 11 is 0. The van der Waals surface area contributed by atoms with Crippen molar-refractivity contribution in [2.24, 2.45) is 0 Å². The zero-order chi connectivity index (χ0) is 17.8. The first-order valence-corrected chi connectivity index (χ1v) is 7.77. The summed E-state index contributed by atoms with van der Waals surface area (Å²) in [5, 5.41) is 1.08. The van der Waals surface area contributed by atoms with Gasteiger partial charge in [-0.1, -0.05) is 24.3 Å². The van der Waals surface area contributed by atoms with E-state index < -0.39 is 0 Å². The van der Waals surface area contributed by atoms with Crippen molar-refractivity contribution < 1.29 is 14.3 Å². The zero-order valence-corrected chi connectivity index (χ0v) is 14.3. The summed E-state index contributed by atoms with van der Waals surface area (Å²) in [6.45, 7) is 2.00. The number of hydrazine groups is 1. The van der Waals surface area contributed by atoms with E-state index in [0.29, 0.717) is 22.9 Å². The number of anilines is 1. The van der Waals surface area contributed by atoms with E-state index in [1.165, 1.54) is 14.2 Å². The number of para-hydroxylation sites is 2. The molecular formula is C19H19N3O3. The summed E-state index contributed by atoms with van der Waals surface area (Å²) in [4.78, 5) is 17.0. The first-order chi connectivity index (χ1) is 12.1. The van der Waals surface area contributed by atoms with Crippen LogP contribution in [0.5, 0.6) is 11.5 Å². The van der Waals surface area contributed by atoms with E-state index in [1.807, 2.05) is 37.3 Å². The van der Waals surface area contributed by atoms with Crippen molar-refractivity contribution in [3.63, 3.8) is 0 Å². The minimum absolute atomic E-state index is 0.344. The quantitative estimate of drug-likeness (QED) is 0.699. The highest BCUT2D eigenvalue weighted by molar-refractivity contribution is 5.98. The van der Waals surface area contributed by atoms with Gasteiger partial charge >= 0.3 is 0 Å². The molecule has 3 rings (SSSR count). The molecule has 0 aliphatic carbocycles. The highest BCUT2D eigenvalue weighted by Crippen LogP contribution is 2.30. The van der Waals surface area contributed by atoms with Gasteiger partial charge in [0.25, 0.3) is 5.91 Å². The van der Waals surface area contributed by atoms with Crippen molar-refractivity contribution in [3.8, 4) is 11.5 Å². The Balaban J connectivity index is 1.81. The molecule has 2 aromatic carbocycles. The third kappa shape index (κ3) is 3.33. The summed E-state index contributed by atoms with van der Waals surface area (Å²) < 4.78 is 10.5. The van der Waals surface area contributed by atoms with Crippen LogP contribution in [0.1, 0.15) is 15.9 Å². The molecule has 0 aliphatic heterocycles. The van der Waals surface area contributed by atoms with Crippen molar-refractivity contribution in [1.29, 1.82) is 0 Å². The normalized spacial score (nSPS) is 10.4. The number of aromatic nitrogens is 1. The highest BCUT2D eigenvalue weighted by atomic mass is 16.5. The predicted molar refractivity (Wildman–Crippen MR) is 97.1 cm³/mol. The number of fused-ring (bicyclic) bond motifs is 1. The number of amides is 1. The van der Waals surface area contributed by atoms with E-state index in [1.54, 1.807) is 18.2 Å². The van der Waals surface area contributed by atoms with Crippen LogP contribution in [0.2, 0.25) is 0 Å². The number of rotatable bonds is 5. The molecule has 0 radical (unpaired) electrons. The van der Waals surface area contributed by atoms with Crippen molar-refractivity contribution >= 4 is 22.6 Å². The largest absolute Gasteiger partial charge is 0.493 e. The van der Waals surface area contributed by atoms with E-state index >= 15 is 0 Å². The van der Waals surface area contributed by atoms with Crippen LogP contribution >= 0.6 is 0 Å². The Bertz CT molecular complexity index is 925. The second-order valence-electron chi connectivity index (χ2n) is 5.46. The summed E-state index contributed by atoms with van der Waals surface area (Å²) in [6, 6.07) is 14.9. The fourth-order valence-corrected chi connectivity index (χ4v) is 2.67. The third-order valence-corrected chi connectivity index (χ3v) is 3.87. The number of pyridine rings is 1. The Morgan fingerprint density at radius 2 is 1.84 bits per heavy atom. The molecule has 3 aromatic rings. The summed E-state index contributed by atoms with van der Waals surface area (Å²) in [6.07, 6.45) is 0. The molecule has 25 heavy (non-hydrogen) atoms. The first-order valence-electron chi connectivity index (χ1n) is 7.77. The molecule has 0 atom stereocenters. The monoisotopic (exact) mass is 337 g/mol. The van der Waals surface area contributed by atoms with E-state index in [-0.39, 0.29) is 5.91 Å². The Kier molecular flexibility index (Phi) is 4.70. The number of aryl methyl sites for hydroxylation is 1. The van der Waals surface area contributed by atoms with Crippen LogP contribution in [-0.4, -0.2) is 25.1 Å². The molecule has 1 heterocycles. The van der Waals surface area contributed by atoms with Crippen LogP contribution in [0.15, 0.2) is 48.5 Å². The number of carbonyl (C=O) groups excluding carboxylic acids is 1. The Hall–Kier alpha value is -3.28. The van der Waals surface area contributed by atoms with Gasteiger partial charge in [-0.15, -0.1) is 0 Å². The maximum absolute atomic E-state index is 12.5. The molecule has 0 fully saturated rings. The smallest absolute Gasteiger partial charge is 0.273 e. The number of hydrogen-bond acceptors (Lipinski definition) is 5. The van der Waals surface area contributed by atoms with E-state index in [9.17, 15) is 4.79 Å². The molecule has 6 heteroatoms. The fourth-order valence-electron chi connectivity index (χ4n) is 2.67. The topological polar surface area (TPSA) is 72.5 Å². The SMILES string of the molecule is COc1cccc(C(=O)NNc2cc(C)c3ccccc3n2)c1OC. The lowest BCUT2D eigenvalue weighted by atomic mass is 10.1. The van der Waals surface area contributed by atoms with Crippen LogP contribution < -0.4 is 20.3 Å². The second-order valence-corrected chi connectivity index (χ2v) is 5.46. The Labute approximate surface area is 145 Å². The molecule has 0 saturated carbocycles. The number of hydrogen-bond donors (Lipinski definition) is 2.